The summed E-state index contributed by atoms with van der Waals surface area (Å²) in [6, 6.07) is 0. The molecule has 0 fully saturated rings. The van der Waals surface area contributed by atoms with Gasteiger partial charge in [0.25, 0.3) is 0 Å². The summed E-state index contributed by atoms with van der Waals surface area (Å²) in [6.45, 7) is 0. The Bertz CT molecular complexity index is 36.9. The Morgan fingerprint density at radius 2 is 2.40 bits per heavy atom. The van der Waals surface area contributed by atoms with Gasteiger partial charge in [0.1, 0.15) is 0 Å². The largest absolute Gasteiger partial charge is 0.332 e. The minimum atomic E-state index is -0.460. The second-order valence-corrected chi connectivity index (χ2v) is 1.21. The van der Waals surface area contributed by atoms with Gasteiger partial charge in [-0.1, -0.05) is 4.57 Å². The van der Waals surface area contributed by atoms with Gasteiger partial charge in [0, 0.05) is 0 Å². The summed E-state index contributed by atoms with van der Waals surface area (Å²) in [7, 11) is -0.460. The van der Waals surface area contributed by atoms with Crippen molar-refractivity contribution < 1.29 is 9.36 Å². The highest BCUT2D eigenvalue weighted by Crippen LogP contribution is 1.81. The number of carbonyl (C=O) groups excluding carboxylic acids is 1. The van der Waals surface area contributed by atoms with Crippen LogP contribution in [0.5, 0.6) is 0 Å². The summed E-state index contributed by atoms with van der Waals surface area (Å²) in [5, 5.41) is 0. The molecule has 0 saturated carbocycles. The van der Waals surface area contributed by atoms with Crippen molar-refractivity contribution in [2.75, 3.05) is 6.16 Å². The number of rotatable bonds is 2. The monoisotopic (exact) mass is 91.0 g/mol. The quantitative estimate of drug-likeness (QED) is 0.359. The third kappa shape index (κ3) is 3.77. The molecular formula is C2H4O2P+. The fraction of sp³-hybridized carbons (Fsp3) is 0.500. The van der Waals surface area contributed by atoms with Crippen molar-refractivity contribution in [3.8, 4) is 0 Å². The van der Waals surface area contributed by atoms with Gasteiger partial charge in [-0.2, -0.15) is 0 Å². The molecule has 0 aromatic heterocycles. The van der Waals surface area contributed by atoms with Crippen LogP contribution < -0.4 is 0 Å². The average Bonchev–Trinajstić information content (AvgIpc) is 1.41. The summed E-state index contributed by atoms with van der Waals surface area (Å²) in [5.41, 5.74) is 0. The Kier molecular flexibility index (Phi) is 3.60. The number of hydrogen-bond acceptors (Lipinski definition) is 2. The summed E-state index contributed by atoms with van der Waals surface area (Å²) in [6.07, 6.45) is 0.811. The van der Waals surface area contributed by atoms with E-state index < -0.39 is 8.46 Å². The van der Waals surface area contributed by atoms with Gasteiger partial charge in [-0.3, -0.25) is 4.79 Å². The lowest BCUT2D eigenvalue weighted by molar-refractivity contribution is -0.105. The molecule has 0 aliphatic rings. The lowest BCUT2D eigenvalue weighted by atomic mass is 10.9. The first-order chi connectivity index (χ1) is 2.41. The smallest absolute Gasteiger partial charge is 0.299 e. The minimum Gasteiger partial charge on any atom is -0.299 e. The Hall–Kier alpha value is -0.230. The highest BCUT2D eigenvalue weighted by molar-refractivity contribution is 7.24. The molecule has 1 unspecified atom stereocenters. The maximum Gasteiger partial charge on any atom is 0.332 e. The second kappa shape index (κ2) is 3.77. The third-order valence-corrected chi connectivity index (χ3v) is 0.500. The van der Waals surface area contributed by atoms with Crippen molar-refractivity contribution in [2.45, 2.75) is 0 Å². The number of aldehydes is 1. The van der Waals surface area contributed by atoms with Crippen molar-refractivity contribution in [3.05, 3.63) is 0 Å². The van der Waals surface area contributed by atoms with Gasteiger partial charge in [-0.25, -0.2) is 0 Å². The molecule has 28 valence electrons. The molecule has 0 bridgehead atoms. The number of carbonyl (C=O) groups is 1. The van der Waals surface area contributed by atoms with E-state index in [1.165, 1.54) is 0 Å². The van der Waals surface area contributed by atoms with Crippen LogP contribution in [0, 0.1) is 0 Å². The molecule has 0 spiro atoms. The van der Waals surface area contributed by atoms with Crippen molar-refractivity contribution in [1.29, 1.82) is 0 Å². The molecule has 3 heteroatoms. The summed E-state index contributed by atoms with van der Waals surface area (Å²) in [4.78, 5) is 9.21. The van der Waals surface area contributed by atoms with E-state index in [1.807, 2.05) is 0 Å². The van der Waals surface area contributed by atoms with E-state index in [2.05, 4.69) is 0 Å². The highest BCUT2D eigenvalue weighted by Gasteiger charge is 1.78. The Balaban J connectivity index is 2.65. The van der Waals surface area contributed by atoms with Gasteiger partial charge >= 0.3 is 8.46 Å². The van der Waals surface area contributed by atoms with Crippen molar-refractivity contribution in [3.63, 3.8) is 0 Å². The second-order valence-electron chi connectivity index (χ2n) is 0.515. The normalized spacial score (nSPS) is 8.00. The van der Waals surface area contributed by atoms with Gasteiger partial charge in [-0.15, -0.1) is 0 Å². The van der Waals surface area contributed by atoms with Crippen LogP contribution in [0.4, 0.5) is 0 Å². The SMILES string of the molecule is O=CC[PH+]=O. The first kappa shape index (κ1) is 4.77. The van der Waals surface area contributed by atoms with Gasteiger partial charge in [-0.05, 0) is 0 Å². The molecular weight excluding hydrogens is 87.0 g/mol. The van der Waals surface area contributed by atoms with Gasteiger partial charge in [0.05, 0.1) is 0 Å². The molecule has 5 heavy (non-hydrogen) atoms. The van der Waals surface area contributed by atoms with Crippen molar-refractivity contribution in [1.82, 2.24) is 0 Å². The molecule has 0 aromatic carbocycles. The zero-order valence-corrected chi connectivity index (χ0v) is 3.60. The lowest BCUT2D eigenvalue weighted by Gasteiger charge is -1.41. The molecule has 0 heterocycles. The van der Waals surface area contributed by atoms with E-state index in [9.17, 15) is 9.36 Å². The summed E-state index contributed by atoms with van der Waals surface area (Å²) >= 11 is 0. The van der Waals surface area contributed by atoms with Crippen LogP contribution in [-0.2, 0) is 9.36 Å². The predicted molar refractivity (Wildman–Crippen MR) is 19.9 cm³/mol. The van der Waals surface area contributed by atoms with Crippen LogP contribution in [0.1, 0.15) is 0 Å². The molecule has 0 radical (unpaired) electrons. The molecule has 0 N–H and O–H groups in total. The van der Waals surface area contributed by atoms with Crippen LogP contribution in [0.3, 0.4) is 0 Å². The molecule has 1 atom stereocenters. The van der Waals surface area contributed by atoms with Gasteiger partial charge in [0.2, 0.25) is 0 Å². The fourth-order valence-electron chi connectivity index (χ4n) is 0.0340. The van der Waals surface area contributed by atoms with E-state index >= 15 is 0 Å². The third-order valence-electron chi connectivity index (χ3n) is 0.167. The van der Waals surface area contributed by atoms with E-state index in [-0.39, 0.29) is 6.16 Å². The van der Waals surface area contributed by atoms with E-state index in [4.69, 9.17) is 0 Å². The molecule has 0 aliphatic heterocycles. The molecule has 0 aliphatic carbocycles. The van der Waals surface area contributed by atoms with Crippen LogP contribution in [0.2, 0.25) is 0 Å². The lowest BCUT2D eigenvalue weighted by Crippen LogP contribution is -1.64. The zero-order chi connectivity index (χ0) is 4.12. The fourth-order valence-corrected chi connectivity index (χ4v) is 0.102. The van der Waals surface area contributed by atoms with Gasteiger partial charge < -0.3 is 0 Å². The Morgan fingerprint density at radius 3 is 2.40 bits per heavy atom. The maximum absolute atomic E-state index is 9.33. The Morgan fingerprint density at radius 1 is 1.80 bits per heavy atom. The molecule has 0 saturated heterocycles. The molecule has 2 nitrogen and oxygen atoms in total. The maximum atomic E-state index is 9.33. The molecule has 0 rings (SSSR count). The molecule has 0 aromatic rings. The predicted octanol–water partition coefficient (Wildman–Crippen LogP) is 0.209. The van der Waals surface area contributed by atoms with Gasteiger partial charge in [0.15, 0.2) is 12.4 Å². The average molecular weight is 91.0 g/mol. The van der Waals surface area contributed by atoms with Crippen LogP contribution in [0.25, 0.3) is 0 Å². The van der Waals surface area contributed by atoms with E-state index in [0.717, 1.165) is 0 Å². The topological polar surface area (TPSA) is 34.1 Å². The first-order valence-electron chi connectivity index (χ1n) is 1.20. The Labute approximate surface area is 31.4 Å². The van der Waals surface area contributed by atoms with Crippen molar-refractivity contribution >= 4 is 14.7 Å². The van der Waals surface area contributed by atoms with Crippen LogP contribution in [0.15, 0.2) is 0 Å². The minimum absolute atomic E-state index is 0.181. The molecule has 0 amide bonds. The number of hydrogen-bond donors (Lipinski definition) is 0. The van der Waals surface area contributed by atoms with E-state index in [0.29, 0.717) is 6.29 Å². The van der Waals surface area contributed by atoms with E-state index in [1.54, 1.807) is 0 Å². The highest BCUT2D eigenvalue weighted by atomic mass is 31.1. The summed E-state index contributed by atoms with van der Waals surface area (Å²) in [5.74, 6) is 0. The zero-order valence-electron chi connectivity index (χ0n) is 2.60. The first-order valence-corrected chi connectivity index (χ1v) is 2.32. The standard InChI is InChI=1S/C2H3O2P/c3-1-2-5-4/h1H,2H2/p+1. The van der Waals surface area contributed by atoms with Crippen LogP contribution in [-0.4, -0.2) is 12.4 Å². The van der Waals surface area contributed by atoms with Crippen molar-refractivity contribution in [2.24, 2.45) is 0 Å². The van der Waals surface area contributed by atoms with Crippen LogP contribution >= 0.6 is 8.46 Å². The summed E-state index contributed by atoms with van der Waals surface area (Å²) < 4.78 is 9.33.